The molecule has 0 heterocycles. The predicted molar refractivity (Wildman–Crippen MR) is 87.3 cm³/mol. The Kier molecular flexibility index (Phi) is 5.18. The molecule has 0 aliphatic heterocycles. The molecule has 0 saturated heterocycles. The molecular formula is C18H14O7. The average molecular weight is 342 g/mol. The molecule has 0 aliphatic rings. The standard InChI is InChI=1S/C18H14O7/c19-12-5-1-10(2-6-12)9-14(17(22)23)15(18(24)25)16(21)11-3-7-13(20)8-4-11/h1-9,15,19-20H,(H,22,23)(H,24,25)/t15-/m1/s1. The minimum Gasteiger partial charge on any atom is -0.508 e. The van der Waals surface area contributed by atoms with Crippen LogP contribution in [0.1, 0.15) is 15.9 Å². The smallest absolute Gasteiger partial charge is 0.332 e. The summed E-state index contributed by atoms with van der Waals surface area (Å²) in [5.41, 5.74) is -0.334. The summed E-state index contributed by atoms with van der Waals surface area (Å²) in [6.07, 6.45) is 1.07. The molecule has 0 fully saturated rings. The largest absolute Gasteiger partial charge is 0.508 e. The Balaban J connectivity index is 2.48. The Morgan fingerprint density at radius 2 is 1.28 bits per heavy atom. The molecule has 7 heteroatoms. The second-order valence-corrected chi connectivity index (χ2v) is 5.18. The monoisotopic (exact) mass is 342 g/mol. The number of phenols is 2. The molecule has 1 atom stereocenters. The van der Waals surface area contributed by atoms with Crippen LogP contribution in [0, 0.1) is 5.92 Å². The Hall–Kier alpha value is -3.61. The van der Waals surface area contributed by atoms with Gasteiger partial charge in [0.15, 0.2) is 11.7 Å². The maximum atomic E-state index is 12.5. The summed E-state index contributed by atoms with van der Waals surface area (Å²) in [7, 11) is 0. The van der Waals surface area contributed by atoms with Gasteiger partial charge in [0.25, 0.3) is 0 Å². The van der Waals surface area contributed by atoms with Crippen molar-refractivity contribution in [3.63, 3.8) is 0 Å². The number of rotatable bonds is 6. The van der Waals surface area contributed by atoms with Crippen LogP contribution in [0.4, 0.5) is 0 Å². The van der Waals surface area contributed by atoms with Crippen LogP contribution >= 0.6 is 0 Å². The first-order valence-corrected chi connectivity index (χ1v) is 7.09. The molecule has 0 amide bonds. The number of ketones is 1. The fourth-order valence-corrected chi connectivity index (χ4v) is 2.20. The molecule has 25 heavy (non-hydrogen) atoms. The van der Waals surface area contributed by atoms with Crippen LogP contribution in [-0.2, 0) is 9.59 Å². The van der Waals surface area contributed by atoms with Crippen molar-refractivity contribution in [1.29, 1.82) is 0 Å². The highest BCUT2D eigenvalue weighted by Gasteiger charge is 2.34. The van der Waals surface area contributed by atoms with Gasteiger partial charge in [-0.15, -0.1) is 0 Å². The van der Waals surface area contributed by atoms with E-state index in [-0.39, 0.29) is 17.1 Å². The summed E-state index contributed by atoms with van der Waals surface area (Å²) in [6, 6.07) is 10.2. The highest BCUT2D eigenvalue weighted by molar-refractivity contribution is 6.16. The zero-order valence-electron chi connectivity index (χ0n) is 12.8. The number of carboxylic acids is 2. The van der Waals surface area contributed by atoms with E-state index in [0.717, 1.165) is 6.08 Å². The van der Waals surface area contributed by atoms with Crippen molar-refractivity contribution < 1.29 is 34.8 Å². The van der Waals surface area contributed by atoms with Crippen molar-refractivity contribution in [3.8, 4) is 11.5 Å². The number of carboxylic acid groups (broad SMARTS) is 2. The number of aliphatic carboxylic acids is 2. The van der Waals surface area contributed by atoms with Crippen molar-refractivity contribution >= 4 is 23.8 Å². The summed E-state index contributed by atoms with van der Waals surface area (Å²) >= 11 is 0. The first-order chi connectivity index (χ1) is 11.8. The van der Waals surface area contributed by atoms with Crippen LogP contribution in [0.2, 0.25) is 0 Å². The third-order valence-corrected chi connectivity index (χ3v) is 3.43. The molecule has 0 bridgehead atoms. The van der Waals surface area contributed by atoms with Crippen molar-refractivity contribution in [2.75, 3.05) is 0 Å². The number of Topliss-reactive ketones (excluding diaryl/α,β-unsaturated/α-hetero) is 1. The molecule has 128 valence electrons. The summed E-state index contributed by atoms with van der Waals surface area (Å²) in [5.74, 6) is -6.14. The topological polar surface area (TPSA) is 132 Å². The Morgan fingerprint density at radius 3 is 1.72 bits per heavy atom. The molecule has 7 nitrogen and oxygen atoms in total. The van der Waals surface area contributed by atoms with Gasteiger partial charge in [-0.05, 0) is 48.0 Å². The van der Waals surface area contributed by atoms with Gasteiger partial charge in [-0.1, -0.05) is 12.1 Å². The lowest BCUT2D eigenvalue weighted by atomic mass is 9.89. The van der Waals surface area contributed by atoms with E-state index in [1.54, 1.807) is 0 Å². The fourth-order valence-electron chi connectivity index (χ4n) is 2.20. The minimum absolute atomic E-state index is 0.0380. The number of carbonyl (C=O) groups excluding carboxylic acids is 1. The summed E-state index contributed by atoms with van der Waals surface area (Å²) in [5, 5.41) is 37.3. The maximum Gasteiger partial charge on any atom is 0.332 e. The van der Waals surface area contributed by atoms with Gasteiger partial charge in [0, 0.05) is 5.56 Å². The lowest BCUT2D eigenvalue weighted by Gasteiger charge is -2.13. The summed E-state index contributed by atoms with van der Waals surface area (Å²) in [6.45, 7) is 0. The Labute approximate surface area is 142 Å². The Bertz CT molecular complexity index is 833. The molecule has 2 aromatic rings. The second kappa shape index (κ2) is 7.31. The van der Waals surface area contributed by atoms with Crippen LogP contribution in [0.25, 0.3) is 6.08 Å². The molecule has 0 saturated carbocycles. The zero-order valence-corrected chi connectivity index (χ0v) is 12.8. The number of hydrogen-bond donors (Lipinski definition) is 4. The van der Waals surface area contributed by atoms with Gasteiger partial charge in [0.05, 0.1) is 5.57 Å². The van der Waals surface area contributed by atoms with Crippen LogP contribution in [0.3, 0.4) is 0 Å². The van der Waals surface area contributed by atoms with Crippen molar-refractivity contribution in [3.05, 3.63) is 65.2 Å². The predicted octanol–water partition coefficient (Wildman–Crippen LogP) is 2.15. The SMILES string of the molecule is O=C(O)C(=Cc1ccc(O)cc1)[C@@H](C(=O)O)C(=O)c1ccc(O)cc1. The van der Waals surface area contributed by atoms with E-state index in [4.69, 9.17) is 0 Å². The van der Waals surface area contributed by atoms with Crippen LogP contribution < -0.4 is 0 Å². The third kappa shape index (κ3) is 4.23. The lowest BCUT2D eigenvalue weighted by molar-refractivity contribution is -0.142. The quantitative estimate of drug-likeness (QED) is 0.359. The summed E-state index contributed by atoms with van der Waals surface area (Å²) < 4.78 is 0. The Morgan fingerprint density at radius 1 is 0.800 bits per heavy atom. The molecule has 4 N–H and O–H groups in total. The molecule has 0 spiro atoms. The van der Waals surface area contributed by atoms with E-state index < -0.39 is 29.2 Å². The van der Waals surface area contributed by atoms with E-state index >= 15 is 0 Å². The highest BCUT2D eigenvalue weighted by Crippen LogP contribution is 2.23. The summed E-state index contributed by atoms with van der Waals surface area (Å²) in [4.78, 5) is 35.6. The van der Waals surface area contributed by atoms with Gasteiger partial charge in [-0.25, -0.2) is 4.79 Å². The molecule has 0 aliphatic carbocycles. The van der Waals surface area contributed by atoms with Crippen molar-refractivity contribution in [1.82, 2.24) is 0 Å². The molecule has 2 rings (SSSR count). The fraction of sp³-hybridized carbons (Fsp3) is 0.0556. The van der Waals surface area contributed by atoms with Gasteiger partial charge in [0.2, 0.25) is 0 Å². The van der Waals surface area contributed by atoms with E-state index in [0.29, 0.717) is 5.56 Å². The van der Waals surface area contributed by atoms with E-state index in [1.165, 1.54) is 48.5 Å². The number of carbonyl (C=O) groups is 3. The van der Waals surface area contributed by atoms with Gasteiger partial charge < -0.3 is 20.4 Å². The van der Waals surface area contributed by atoms with Gasteiger partial charge in [0.1, 0.15) is 11.5 Å². The van der Waals surface area contributed by atoms with Crippen LogP contribution in [0.5, 0.6) is 11.5 Å². The minimum atomic E-state index is -1.92. The molecule has 0 aromatic heterocycles. The van der Waals surface area contributed by atoms with E-state index in [9.17, 15) is 34.8 Å². The third-order valence-electron chi connectivity index (χ3n) is 3.43. The van der Waals surface area contributed by atoms with E-state index in [1.807, 2.05) is 0 Å². The van der Waals surface area contributed by atoms with Gasteiger partial charge in [-0.3, -0.25) is 9.59 Å². The van der Waals surface area contributed by atoms with Crippen LogP contribution in [0.15, 0.2) is 54.1 Å². The molecule has 2 aromatic carbocycles. The highest BCUT2D eigenvalue weighted by atomic mass is 16.4. The van der Waals surface area contributed by atoms with Crippen molar-refractivity contribution in [2.24, 2.45) is 5.92 Å². The van der Waals surface area contributed by atoms with Gasteiger partial charge >= 0.3 is 11.9 Å². The van der Waals surface area contributed by atoms with Crippen LogP contribution in [-0.4, -0.2) is 38.1 Å². The maximum absolute atomic E-state index is 12.5. The number of hydrogen-bond acceptors (Lipinski definition) is 5. The van der Waals surface area contributed by atoms with Crippen molar-refractivity contribution in [2.45, 2.75) is 0 Å². The molecule has 0 radical (unpaired) electrons. The number of aromatic hydroxyl groups is 2. The second-order valence-electron chi connectivity index (χ2n) is 5.18. The average Bonchev–Trinajstić information content (AvgIpc) is 2.56. The lowest BCUT2D eigenvalue weighted by Crippen LogP contribution is -2.29. The molecular weight excluding hydrogens is 328 g/mol. The number of benzene rings is 2. The number of phenolic OH excluding ortho intramolecular Hbond substituents is 2. The normalized spacial score (nSPS) is 12.4. The first-order valence-electron chi connectivity index (χ1n) is 7.09. The first kappa shape index (κ1) is 17.7. The van der Waals surface area contributed by atoms with Gasteiger partial charge in [-0.2, -0.15) is 0 Å². The van der Waals surface area contributed by atoms with E-state index in [2.05, 4.69) is 0 Å². The molecule has 0 unspecified atom stereocenters. The zero-order chi connectivity index (χ0) is 18.6.